The van der Waals surface area contributed by atoms with E-state index in [4.69, 9.17) is 13.7 Å². The molecule has 1 N–H and O–H groups in total. The van der Waals surface area contributed by atoms with Crippen LogP contribution in [-0.4, -0.2) is 49.1 Å². The molecule has 26 heavy (non-hydrogen) atoms. The topological polar surface area (TPSA) is 117 Å². The van der Waals surface area contributed by atoms with Crippen molar-refractivity contribution in [1.29, 1.82) is 0 Å². The lowest BCUT2D eigenvalue weighted by atomic mass is 9.82. The largest absolute Gasteiger partial charge is 0.375 e. The highest BCUT2D eigenvalue weighted by Crippen LogP contribution is 2.46. The van der Waals surface area contributed by atoms with Crippen molar-refractivity contribution in [3.8, 4) is 0 Å². The Kier molecular flexibility index (Phi) is 5.81. The van der Waals surface area contributed by atoms with Crippen molar-refractivity contribution < 1.29 is 22.1 Å². The van der Waals surface area contributed by atoms with E-state index in [1.807, 2.05) is 20.8 Å². The molecule has 4 atom stereocenters. The van der Waals surface area contributed by atoms with Gasteiger partial charge in [-0.25, -0.2) is 4.79 Å². The maximum Gasteiger partial charge on any atom is 0.330 e. The SMILES string of the molecule is CC[C@@]1(C(C)C)O[C@@H](n2cc(C)c(=O)[nH]c2=O)[C@H](OS(C)(=O)=O)[C@@H]1OC. The number of ether oxygens (including phenoxy) is 2. The normalized spacial score (nSPS) is 29.4. The maximum absolute atomic E-state index is 12.3. The summed E-state index contributed by atoms with van der Waals surface area (Å²) < 4.78 is 41.9. The molecule has 0 spiro atoms. The number of hydrogen-bond acceptors (Lipinski definition) is 7. The minimum Gasteiger partial charge on any atom is -0.375 e. The van der Waals surface area contributed by atoms with Gasteiger partial charge in [-0.3, -0.25) is 18.5 Å². The first-order valence-corrected chi connectivity index (χ1v) is 10.2. The third-order valence-electron chi connectivity index (χ3n) is 4.89. The first-order valence-electron chi connectivity index (χ1n) is 8.37. The van der Waals surface area contributed by atoms with E-state index >= 15 is 0 Å². The van der Waals surface area contributed by atoms with Gasteiger partial charge in [0.2, 0.25) is 0 Å². The third-order valence-corrected chi connectivity index (χ3v) is 5.46. The summed E-state index contributed by atoms with van der Waals surface area (Å²) in [4.78, 5) is 26.2. The van der Waals surface area contributed by atoms with Crippen molar-refractivity contribution in [3.63, 3.8) is 0 Å². The average molecular weight is 390 g/mol. The van der Waals surface area contributed by atoms with E-state index in [1.165, 1.54) is 13.3 Å². The average Bonchev–Trinajstić information content (AvgIpc) is 2.83. The lowest BCUT2D eigenvalue weighted by molar-refractivity contribution is -0.138. The molecule has 0 unspecified atom stereocenters. The summed E-state index contributed by atoms with van der Waals surface area (Å²) >= 11 is 0. The van der Waals surface area contributed by atoms with E-state index in [9.17, 15) is 18.0 Å². The molecule has 1 saturated heterocycles. The standard InChI is InChI=1S/C16H26N2O7S/c1-7-16(9(2)3)12(23-5)11(25-26(6,21)22)14(24-16)18-8-10(4)13(19)17-15(18)20/h8-9,11-12,14H,7H2,1-6H3,(H,17,19,20)/t11-,12+,14-,16+/m1/s1. The second-order valence-electron chi connectivity index (χ2n) is 6.87. The number of hydrogen-bond donors (Lipinski definition) is 1. The molecule has 2 rings (SSSR count). The van der Waals surface area contributed by atoms with Gasteiger partial charge in [0.25, 0.3) is 15.7 Å². The Morgan fingerprint density at radius 3 is 2.46 bits per heavy atom. The van der Waals surface area contributed by atoms with Gasteiger partial charge in [-0.2, -0.15) is 8.42 Å². The van der Waals surface area contributed by atoms with Crippen LogP contribution < -0.4 is 11.2 Å². The third kappa shape index (κ3) is 3.64. The van der Waals surface area contributed by atoms with Crippen LogP contribution in [0.1, 0.15) is 39.0 Å². The molecule has 1 aromatic heterocycles. The second-order valence-corrected chi connectivity index (χ2v) is 8.47. The van der Waals surface area contributed by atoms with Crippen LogP contribution in [0.2, 0.25) is 0 Å². The van der Waals surface area contributed by atoms with Crippen molar-refractivity contribution >= 4 is 10.1 Å². The van der Waals surface area contributed by atoms with Crippen molar-refractivity contribution in [2.24, 2.45) is 5.92 Å². The number of aromatic nitrogens is 2. The summed E-state index contributed by atoms with van der Waals surface area (Å²) in [6.07, 6.45) is -0.102. The lowest BCUT2D eigenvalue weighted by Crippen LogP contribution is -2.49. The van der Waals surface area contributed by atoms with Crippen LogP contribution in [0.15, 0.2) is 15.8 Å². The summed E-state index contributed by atoms with van der Waals surface area (Å²) in [7, 11) is -2.41. The van der Waals surface area contributed by atoms with Crippen LogP contribution in [0.5, 0.6) is 0 Å². The number of H-pyrrole nitrogens is 1. The molecule has 0 radical (unpaired) electrons. The molecule has 0 bridgehead atoms. The zero-order valence-electron chi connectivity index (χ0n) is 15.8. The zero-order chi connectivity index (χ0) is 19.9. The number of aromatic amines is 1. The van der Waals surface area contributed by atoms with Crippen LogP contribution in [0.3, 0.4) is 0 Å². The molecule has 0 aromatic carbocycles. The van der Waals surface area contributed by atoms with Gasteiger partial charge < -0.3 is 9.47 Å². The van der Waals surface area contributed by atoms with Gasteiger partial charge in [0, 0.05) is 18.9 Å². The summed E-state index contributed by atoms with van der Waals surface area (Å²) in [6, 6.07) is 0. The monoisotopic (exact) mass is 390 g/mol. The van der Waals surface area contributed by atoms with Gasteiger partial charge in [0.1, 0.15) is 11.7 Å². The van der Waals surface area contributed by atoms with Crippen LogP contribution in [-0.2, 0) is 23.8 Å². The molecular weight excluding hydrogens is 364 g/mol. The van der Waals surface area contributed by atoms with Crippen molar-refractivity contribution in [3.05, 3.63) is 32.6 Å². The minimum absolute atomic E-state index is 0.0485. The van der Waals surface area contributed by atoms with E-state index in [0.29, 0.717) is 12.0 Å². The molecule has 1 aliphatic heterocycles. The number of methoxy groups -OCH3 is 1. The Bertz CT molecular complexity index is 873. The molecular formula is C16H26N2O7S. The summed E-state index contributed by atoms with van der Waals surface area (Å²) in [5.41, 5.74) is -1.80. The van der Waals surface area contributed by atoms with Crippen LogP contribution in [0.25, 0.3) is 0 Å². The van der Waals surface area contributed by atoms with E-state index in [-0.39, 0.29) is 5.92 Å². The fourth-order valence-electron chi connectivity index (χ4n) is 3.57. The lowest BCUT2D eigenvalue weighted by Gasteiger charge is -2.36. The quantitative estimate of drug-likeness (QED) is 0.705. The second kappa shape index (κ2) is 7.26. The number of rotatable bonds is 6. The fourth-order valence-corrected chi connectivity index (χ4v) is 4.17. The molecule has 0 aliphatic carbocycles. The molecule has 0 amide bonds. The van der Waals surface area contributed by atoms with E-state index in [0.717, 1.165) is 10.8 Å². The fraction of sp³-hybridized carbons (Fsp3) is 0.750. The van der Waals surface area contributed by atoms with Crippen LogP contribution in [0, 0.1) is 12.8 Å². The molecule has 148 valence electrons. The number of nitrogens with one attached hydrogen (secondary N) is 1. The highest BCUT2D eigenvalue weighted by Gasteiger charge is 2.58. The summed E-state index contributed by atoms with van der Waals surface area (Å²) in [5.74, 6) is -0.0485. The molecule has 1 aliphatic rings. The van der Waals surface area contributed by atoms with Crippen LogP contribution in [0.4, 0.5) is 0 Å². The highest BCUT2D eigenvalue weighted by atomic mass is 32.2. The number of aryl methyl sites for hydroxylation is 1. The maximum atomic E-state index is 12.3. The van der Waals surface area contributed by atoms with E-state index in [2.05, 4.69) is 4.98 Å². The smallest absolute Gasteiger partial charge is 0.330 e. The Hall–Kier alpha value is -1.49. The number of nitrogens with zero attached hydrogens (tertiary/aromatic N) is 1. The Morgan fingerprint density at radius 2 is 2.00 bits per heavy atom. The molecule has 0 saturated carbocycles. The van der Waals surface area contributed by atoms with Gasteiger partial charge in [0.15, 0.2) is 12.3 Å². The van der Waals surface area contributed by atoms with E-state index < -0.39 is 45.4 Å². The van der Waals surface area contributed by atoms with Gasteiger partial charge in [-0.05, 0) is 19.3 Å². The molecule has 1 fully saturated rings. The highest BCUT2D eigenvalue weighted by molar-refractivity contribution is 7.86. The molecule has 10 heteroatoms. The first kappa shape index (κ1) is 20.8. The van der Waals surface area contributed by atoms with E-state index in [1.54, 1.807) is 6.92 Å². The van der Waals surface area contributed by atoms with Gasteiger partial charge in [-0.1, -0.05) is 20.8 Å². The predicted octanol–water partition coefficient (Wildman–Crippen LogP) is 0.538. The van der Waals surface area contributed by atoms with Gasteiger partial charge in [0.05, 0.1) is 6.26 Å². The van der Waals surface area contributed by atoms with Crippen molar-refractivity contribution in [1.82, 2.24) is 9.55 Å². The Morgan fingerprint density at radius 1 is 1.38 bits per heavy atom. The van der Waals surface area contributed by atoms with Gasteiger partial charge >= 0.3 is 5.69 Å². The zero-order valence-corrected chi connectivity index (χ0v) is 16.6. The van der Waals surface area contributed by atoms with Gasteiger partial charge in [-0.15, -0.1) is 0 Å². The van der Waals surface area contributed by atoms with Crippen molar-refractivity contribution in [2.75, 3.05) is 13.4 Å². The summed E-state index contributed by atoms with van der Waals surface area (Å²) in [5, 5.41) is 0. The van der Waals surface area contributed by atoms with Crippen molar-refractivity contribution in [2.45, 2.75) is 58.2 Å². The predicted molar refractivity (Wildman–Crippen MR) is 94.6 cm³/mol. The van der Waals surface area contributed by atoms with Crippen LogP contribution >= 0.6 is 0 Å². The molecule has 2 heterocycles. The molecule has 1 aromatic rings. The minimum atomic E-state index is -3.85. The summed E-state index contributed by atoms with van der Waals surface area (Å²) in [6.45, 7) is 7.29. The Balaban J connectivity index is 2.67. The Labute approximate surface area is 152 Å². The first-order chi connectivity index (χ1) is 12.0. The molecule has 9 nitrogen and oxygen atoms in total.